The quantitative estimate of drug-likeness (QED) is 0.351. The third-order valence-electron chi connectivity index (χ3n) is 5.43. The van der Waals surface area contributed by atoms with Crippen LogP contribution in [0.15, 0.2) is 52.9 Å². The molecule has 1 aliphatic rings. The molecule has 0 fully saturated rings. The molecule has 2 aromatic rings. The van der Waals surface area contributed by atoms with E-state index in [4.69, 9.17) is 9.05 Å². The van der Waals surface area contributed by atoms with E-state index in [0.29, 0.717) is 5.56 Å². The van der Waals surface area contributed by atoms with Gasteiger partial charge in [-0.15, -0.1) is 0 Å². The second-order valence-electron chi connectivity index (χ2n) is 7.76. The highest BCUT2D eigenvalue weighted by Gasteiger charge is 2.29. The van der Waals surface area contributed by atoms with Gasteiger partial charge in [-0.25, -0.2) is 4.39 Å². The number of amides is 1. The third kappa shape index (κ3) is 6.26. The van der Waals surface area contributed by atoms with E-state index in [9.17, 15) is 18.3 Å². The Bertz CT molecular complexity index is 1150. The lowest BCUT2D eigenvalue weighted by Crippen LogP contribution is -2.28. The van der Waals surface area contributed by atoms with Crippen LogP contribution in [-0.2, 0) is 29.6 Å². The molecule has 34 heavy (non-hydrogen) atoms. The Morgan fingerprint density at radius 2 is 1.76 bits per heavy atom. The molecule has 0 saturated carbocycles. The minimum Gasteiger partial charge on any atom is -0.612 e. The van der Waals surface area contributed by atoms with Crippen molar-refractivity contribution in [3.63, 3.8) is 0 Å². The summed E-state index contributed by atoms with van der Waals surface area (Å²) >= 11 is -1.06. The second-order valence-corrected chi connectivity index (χ2v) is 11.2. The zero-order chi connectivity index (χ0) is 24.9. The number of rotatable bonds is 10. The standard InChI is InChI=1S/C25H29FNO5PS/c1-5-31-33(29,32-6-2)16-25(28)27-15-24-17(3)22(21-12-9-19(26)14-23(21)24)13-18-7-10-20(11-8-18)34(4)30/h7-14H,5-6,15-16H2,1-4H3,(H,27,28)/b22-13-. The zero-order valence-corrected chi connectivity index (χ0v) is 21.4. The van der Waals surface area contributed by atoms with Crippen LogP contribution in [0.4, 0.5) is 4.39 Å². The normalized spacial score (nSPS) is 15.5. The fourth-order valence-corrected chi connectivity index (χ4v) is 5.87. The van der Waals surface area contributed by atoms with Crippen LogP contribution in [-0.4, -0.2) is 42.6 Å². The summed E-state index contributed by atoms with van der Waals surface area (Å²) in [5.41, 5.74) is 5.08. The summed E-state index contributed by atoms with van der Waals surface area (Å²) in [4.78, 5) is 13.3. The molecule has 0 bridgehead atoms. The maximum absolute atomic E-state index is 14.1. The van der Waals surface area contributed by atoms with E-state index in [-0.39, 0.29) is 31.7 Å². The molecule has 1 unspecified atom stereocenters. The van der Waals surface area contributed by atoms with Gasteiger partial charge in [0.15, 0.2) is 4.90 Å². The molecular formula is C25H29FNO5PS. The molecule has 0 aromatic heterocycles. The SMILES string of the molecule is CCOP(=O)(CC(=O)NCC1=C(C)/C(=C/c2ccc([S+](C)[O-])cc2)c2ccc(F)cc21)OCC. The first kappa shape index (κ1) is 26.4. The molecule has 0 aliphatic heterocycles. The second kappa shape index (κ2) is 11.5. The van der Waals surface area contributed by atoms with E-state index in [0.717, 1.165) is 32.7 Å². The van der Waals surface area contributed by atoms with Gasteiger partial charge in [0.1, 0.15) is 18.2 Å². The van der Waals surface area contributed by atoms with Crippen LogP contribution in [0.5, 0.6) is 0 Å². The fraction of sp³-hybridized carbons (Fsp3) is 0.320. The van der Waals surface area contributed by atoms with E-state index in [1.807, 2.05) is 37.3 Å². The molecule has 2 aromatic carbocycles. The highest BCUT2D eigenvalue weighted by atomic mass is 32.2. The van der Waals surface area contributed by atoms with E-state index in [2.05, 4.69) is 5.32 Å². The van der Waals surface area contributed by atoms with Gasteiger partial charge in [-0.3, -0.25) is 9.36 Å². The molecule has 6 nitrogen and oxygen atoms in total. The predicted molar refractivity (Wildman–Crippen MR) is 134 cm³/mol. The van der Waals surface area contributed by atoms with E-state index >= 15 is 0 Å². The number of halogens is 1. The molecule has 1 atom stereocenters. The van der Waals surface area contributed by atoms with Gasteiger partial charge in [0.2, 0.25) is 5.91 Å². The van der Waals surface area contributed by atoms with Crippen molar-refractivity contribution in [1.82, 2.24) is 5.32 Å². The van der Waals surface area contributed by atoms with Crippen molar-refractivity contribution in [1.29, 1.82) is 0 Å². The Morgan fingerprint density at radius 3 is 2.35 bits per heavy atom. The minimum absolute atomic E-state index is 0.143. The number of benzene rings is 2. The molecule has 1 amide bonds. The summed E-state index contributed by atoms with van der Waals surface area (Å²) in [6, 6.07) is 12.0. The minimum atomic E-state index is -3.52. The van der Waals surface area contributed by atoms with Crippen LogP contribution in [0.1, 0.15) is 37.5 Å². The molecule has 9 heteroatoms. The van der Waals surface area contributed by atoms with Crippen molar-refractivity contribution < 1.29 is 27.4 Å². The maximum Gasteiger partial charge on any atom is 0.340 e. The van der Waals surface area contributed by atoms with Crippen LogP contribution in [0.2, 0.25) is 0 Å². The number of fused-ring (bicyclic) bond motifs is 1. The average Bonchev–Trinajstić information content (AvgIpc) is 3.03. The van der Waals surface area contributed by atoms with Gasteiger partial charge in [0.25, 0.3) is 0 Å². The van der Waals surface area contributed by atoms with Crippen molar-refractivity contribution in [2.45, 2.75) is 25.7 Å². The first-order valence-corrected chi connectivity index (χ1v) is 14.3. The van der Waals surface area contributed by atoms with Gasteiger partial charge in [-0.2, -0.15) is 0 Å². The Hall–Kier alpha value is -2.22. The van der Waals surface area contributed by atoms with Crippen molar-refractivity contribution in [3.05, 3.63) is 70.5 Å². The van der Waals surface area contributed by atoms with Gasteiger partial charge in [0, 0.05) is 6.54 Å². The molecule has 0 saturated heterocycles. The lowest BCUT2D eigenvalue weighted by Gasteiger charge is -2.17. The van der Waals surface area contributed by atoms with Crippen LogP contribution < -0.4 is 5.32 Å². The van der Waals surface area contributed by atoms with Crippen molar-refractivity contribution in [3.8, 4) is 0 Å². The first-order chi connectivity index (χ1) is 16.2. The number of nitrogens with one attached hydrogen (secondary N) is 1. The van der Waals surface area contributed by atoms with Gasteiger partial charge in [-0.1, -0.05) is 6.07 Å². The molecular weight excluding hydrogens is 476 g/mol. The molecule has 1 N–H and O–H groups in total. The molecule has 0 spiro atoms. The van der Waals surface area contributed by atoms with E-state index in [1.54, 1.807) is 26.2 Å². The van der Waals surface area contributed by atoms with Crippen LogP contribution in [0, 0.1) is 5.82 Å². The summed E-state index contributed by atoms with van der Waals surface area (Å²) in [5.74, 6) is -0.840. The molecule has 182 valence electrons. The molecule has 0 heterocycles. The smallest absolute Gasteiger partial charge is 0.340 e. The average molecular weight is 506 g/mol. The zero-order valence-electron chi connectivity index (χ0n) is 19.7. The van der Waals surface area contributed by atoms with Crippen LogP contribution in [0.3, 0.4) is 0 Å². The van der Waals surface area contributed by atoms with Crippen molar-refractivity contribution in [2.24, 2.45) is 0 Å². The predicted octanol–water partition coefficient (Wildman–Crippen LogP) is 5.27. The van der Waals surface area contributed by atoms with E-state index < -0.39 is 24.7 Å². The van der Waals surface area contributed by atoms with Crippen molar-refractivity contribution in [2.75, 3.05) is 32.2 Å². The van der Waals surface area contributed by atoms with Crippen molar-refractivity contribution >= 4 is 41.9 Å². The Labute approximate surface area is 203 Å². The summed E-state index contributed by atoms with van der Waals surface area (Å²) < 4.78 is 48.8. The maximum atomic E-state index is 14.1. The Kier molecular flexibility index (Phi) is 8.90. The number of carbonyl (C=O) groups is 1. The van der Waals surface area contributed by atoms with Gasteiger partial charge in [-0.05, 0) is 108 Å². The summed E-state index contributed by atoms with van der Waals surface area (Å²) in [7, 11) is -3.52. The highest BCUT2D eigenvalue weighted by Crippen LogP contribution is 2.47. The summed E-state index contributed by atoms with van der Waals surface area (Å²) in [6.07, 6.45) is 3.23. The first-order valence-electron chi connectivity index (χ1n) is 11.0. The Morgan fingerprint density at radius 1 is 1.12 bits per heavy atom. The lowest BCUT2D eigenvalue weighted by molar-refractivity contribution is -0.118. The number of carbonyl (C=O) groups excluding carboxylic acids is 1. The topological polar surface area (TPSA) is 87.7 Å². The Balaban J connectivity index is 1.86. The van der Waals surface area contributed by atoms with Crippen LogP contribution >= 0.6 is 7.60 Å². The fourth-order valence-electron chi connectivity index (χ4n) is 3.84. The molecule has 0 radical (unpaired) electrons. The monoisotopic (exact) mass is 505 g/mol. The third-order valence-corrected chi connectivity index (χ3v) is 8.34. The number of hydrogen-bond acceptors (Lipinski definition) is 5. The van der Waals surface area contributed by atoms with Gasteiger partial charge < -0.3 is 18.9 Å². The summed E-state index contributed by atoms with van der Waals surface area (Å²) in [5, 5.41) is 2.78. The molecule has 3 rings (SSSR count). The van der Waals surface area contributed by atoms with Gasteiger partial charge in [0.05, 0.1) is 13.2 Å². The van der Waals surface area contributed by atoms with Gasteiger partial charge >= 0.3 is 7.60 Å². The largest absolute Gasteiger partial charge is 0.612 e. The highest BCUT2D eigenvalue weighted by molar-refractivity contribution is 7.90. The number of hydrogen-bond donors (Lipinski definition) is 1. The lowest BCUT2D eigenvalue weighted by atomic mass is 10.0. The number of allylic oxidation sites excluding steroid dienone is 2. The molecule has 1 aliphatic carbocycles. The van der Waals surface area contributed by atoms with Crippen LogP contribution in [0.25, 0.3) is 17.2 Å². The van der Waals surface area contributed by atoms with E-state index in [1.165, 1.54) is 12.1 Å². The summed E-state index contributed by atoms with van der Waals surface area (Å²) in [6.45, 7) is 5.78.